The molecule has 0 bridgehead atoms. The Kier molecular flexibility index (Phi) is 8.17. The van der Waals surface area contributed by atoms with E-state index in [1.165, 1.54) is 17.0 Å². The molecule has 2 saturated heterocycles. The predicted molar refractivity (Wildman–Crippen MR) is 160 cm³/mol. The van der Waals surface area contributed by atoms with Crippen molar-refractivity contribution in [1.82, 2.24) is 14.8 Å². The summed E-state index contributed by atoms with van der Waals surface area (Å²) in [5.41, 5.74) is -1.90. The molecule has 0 saturated carbocycles. The standard InChI is InChI=1S/C29H36ClFN4O8S/c1-28(2,3)42-27(38)33-10-11-34-16(13-33)15-41-24-21(26(34)37)25(35-14-17(12-29(35,4)5)43-44(6,39)40)32-23(22(24)30)20-18(31)8-7-9-19(20)36/h7-9,16-17,36H,10-15H2,1-6H3/t16-,17?/m1/s1. The van der Waals surface area contributed by atoms with Crippen LogP contribution in [0.15, 0.2) is 18.2 Å². The predicted octanol–water partition coefficient (Wildman–Crippen LogP) is 4.03. The van der Waals surface area contributed by atoms with Crippen LogP contribution in [-0.2, 0) is 19.0 Å². The number of fused-ring (bicyclic) bond motifs is 2. The Morgan fingerprint density at radius 1 is 1.20 bits per heavy atom. The van der Waals surface area contributed by atoms with Crippen molar-refractivity contribution in [1.29, 1.82) is 0 Å². The number of hydrogen-bond donors (Lipinski definition) is 1. The number of nitrogens with zero attached hydrogens (tertiary/aromatic N) is 4. The van der Waals surface area contributed by atoms with Gasteiger partial charge in [-0.2, -0.15) is 8.42 Å². The molecule has 15 heteroatoms. The third kappa shape index (κ3) is 6.24. The minimum atomic E-state index is -3.80. The van der Waals surface area contributed by atoms with Crippen molar-refractivity contribution in [2.45, 2.75) is 64.3 Å². The van der Waals surface area contributed by atoms with Gasteiger partial charge in [0.15, 0.2) is 5.75 Å². The molecule has 12 nitrogen and oxygen atoms in total. The summed E-state index contributed by atoms with van der Waals surface area (Å²) in [6, 6.07) is 3.19. The average Bonchev–Trinajstić information content (AvgIpc) is 3.09. The molecule has 4 heterocycles. The molecule has 2 fully saturated rings. The third-order valence-corrected chi connectivity index (χ3v) is 8.72. The number of amides is 2. The van der Waals surface area contributed by atoms with Crippen molar-refractivity contribution in [2.24, 2.45) is 0 Å². The Balaban J connectivity index is 1.62. The minimum Gasteiger partial charge on any atom is -0.507 e. The molecular formula is C29H36ClFN4O8S. The molecule has 44 heavy (non-hydrogen) atoms. The molecule has 2 atom stereocenters. The summed E-state index contributed by atoms with van der Waals surface area (Å²) in [6.07, 6.45) is -0.0425. The van der Waals surface area contributed by atoms with Crippen LogP contribution < -0.4 is 9.64 Å². The number of piperazine rings is 1. The second-order valence-corrected chi connectivity index (χ2v) is 14.9. The van der Waals surface area contributed by atoms with E-state index < -0.39 is 57.0 Å². The molecule has 5 rings (SSSR count). The van der Waals surface area contributed by atoms with Gasteiger partial charge in [-0.15, -0.1) is 0 Å². The largest absolute Gasteiger partial charge is 0.507 e. The lowest BCUT2D eigenvalue weighted by Crippen LogP contribution is -2.58. The van der Waals surface area contributed by atoms with Gasteiger partial charge in [-0.25, -0.2) is 14.2 Å². The zero-order valence-corrected chi connectivity index (χ0v) is 27.0. The van der Waals surface area contributed by atoms with Crippen LogP contribution >= 0.6 is 11.6 Å². The number of phenols is 1. The molecule has 0 radical (unpaired) electrons. The highest BCUT2D eigenvalue weighted by atomic mass is 35.5. The van der Waals surface area contributed by atoms with Gasteiger partial charge in [0.1, 0.15) is 45.9 Å². The van der Waals surface area contributed by atoms with Crippen LogP contribution in [0.4, 0.5) is 15.0 Å². The van der Waals surface area contributed by atoms with Gasteiger partial charge >= 0.3 is 6.09 Å². The van der Waals surface area contributed by atoms with E-state index in [1.807, 2.05) is 13.8 Å². The Morgan fingerprint density at radius 2 is 1.91 bits per heavy atom. The lowest BCUT2D eigenvalue weighted by atomic mass is 10.00. The second kappa shape index (κ2) is 11.2. The van der Waals surface area contributed by atoms with Gasteiger partial charge in [0.05, 0.1) is 24.0 Å². The molecule has 1 aromatic carbocycles. The van der Waals surface area contributed by atoms with E-state index in [0.717, 1.165) is 12.3 Å². The monoisotopic (exact) mass is 654 g/mol. The first-order valence-corrected chi connectivity index (χ1v) is 16.3. The van der Waals surface area contributed by atoms with Crippen LogP contribution in [0.25, 0.3) is 11.3 Å². The first-order chi connectivity index (χ1) is 20.4. The lowest BCUT2D eigenvalue weighted by molar-refractivity contribution is 0.000951. The van der Waals surface area contributed by atoms with Crippen molar-refractivity contribution < 1.29 is 41.2 Å². The van der Waals surface area contributed by atoms with Crippen LogP contribution in [-0.4, -0.2) is 103 Å². The average molecular weight is 655 g/mol. The number of aromatic nitrogens is 1. The molecule has 2 amide bonds. The van der Waals surface area contributed by atoms with Crippen molar-refractivity contribution in [3.63, 3.8) is 0 Å². The summed E-state index contributed by atoms with van der Waals surface area (Å²) in [4.78, 5) is 36.7. The molecule has 0 aliphatic carbocycles. The molecule has 3 aliphatic heterocycles. The quantitative estimate of drug-likeness (QED) is 0.481. The Hall–Kier alpha value is -3.36. The highest BCUT2D eigenvalue weighted by molar-refractivity contribution is 7.86. The molecule has 1 N–H and O–H groups in total. The van der Waals surface area contributed by atoms with Crippen LogP contribution in [0.3, 0.4) is 0 Å². The van der Waals surface area contributed by atoms with Crippen molar-refractivity contribution in [3.8, 4) is 22.8 Å². The number of carbonyl (C=O) groups is 2. The summed E-state index contributed by atoms with van der Waals surface area (Å²) in [6.45, 7) is 9.48. The van der Waals surface area contributed by atoms with Crippen molar-refractivity contribution >= 4 is 39.5 Å². The number of pyridine rings is 1. The van der Waals surface area contributed by atoms with Gasteiger partial charge in [0.25, 0.3) is 16.0 Å². The molecule has 240 valence electrons. The molecule has 0 spiro atoms. The normalized spacial score (nSPS) is 21.8. The third-order valence-electron chi connectivity index (χ3n) is 7.74. The fraction of sp³-hybridized carbons (Fsp3) is 0.552. The molecule has 3 aliphatic rings. The SMILES string of the molecule is CC(C)(C)OC(=O)N1CCN2C(=O)c3c(N4CC(OS(C)(=O)=O)CC4(C)C)nc(-c4c(O)cccc4F)c(Cl)c3OC[C@H]2C1. The highest BCUT2D eigenvalue weighted by Gasteiger charge is 2.47. The zero-order valence-electron chi connectivity index (χ0n) is 25.4. The summed E-state index contributed by atoms with van der Waals surface area (Å²) in [7, 11) is -3.80. The Bertz CT molecular complexity index is 1590. The number of phenolic OH excluding ortho intramolecular Hbond substituents is 1. The smallest absolute Gasteiger partial charge is 0.410 e. The highest BCUT2D eigenvalue weighted by Crippen LogP contribution is 2.48. The summed E-state index contributed by atoms with van der Waals surface area (Å²) in [5.74, 6) is -1.67. The number of aromatic hydroxyl groups is 1. The van der Waals surface area contributed by atoms with Crippen LogP contribution in [0.1, 0.15) is 51.4 Å². The van der Waals surface area contributed by atoms with Gasteiger partial charge in [-0.05, 0) is 53.2 Å². The summed E-state index contributed by atoms with van der Waals surface area (Å²) in [5, 5.41) is 10.5. The van der Waals surface area contributed by atoms with Crippen LogP contribution in [0.2, 0.25) is 5.02 Å². The van der Waals surface area contributed by atoms with Crippen molar-refractivity contribution in [2.75, 3.05) is 43.9 Å². The molecular weight excluding hydrogens is 619 g/mol. The molecule has 2 aromatic rings. The number of carbonyl (C=O) groups excluding carboxylic acids is 2. The Morgan fingerprint density at radius 3 is 2.55 bits per heavy atom. The van der Waals surface area contributed by atoms with Gasteiger partial charge in [-0.1, -0.05) is 17.7 Å². The van der Waals surface area contributed by atoms with E-state index in [9.17, 15) is 23.1 Å². The van der Waals surface area contributed by atoms with E-state index in [2.05, 4.69) is 4.98 Å². The number of rotatable bonds is 4. The fourth-order valence-electron chi connectivity index (χ4n) is 5.91. The first-order valence-electron chi connectivity index (χ1n) is 14.2. The van der Waals surface area contributed by atoms with Gasteiger partial charge in [0.2, 0.25) is 0 Å². The van der Waals surface area contributed by atoms with Crippen LogP contribution in [0, 0.1) is 5.82 Å². The zero-order chi connectivity index (χ0) is 32.4. The number of hydrogen-bond acceptors (Lipinski definition) is 10. The summed E-state index contributed by atoms with van der Waals surface area (Å²) < 4.78 is 56.2. The van der Waals surface area contributed by atoms with Gasteiger partial charge in [0, 0.05) is 31.7 Å². The number of anilines is 1. The fourth-order valence-corrected chi connectivity index (χ4v) is 6.82. The molecule has 1 unspecified atom stereocenters. The number of benzene rings is 1. The maximum atomic E-state index is 15.2. The second-order valence-electron chi connectivity index (χ2n) is 12.9. The lowest BCUT2D eigenvalue weighted by Gasteiger charge is -2.40. The van der Waals surface area contributed by atoms with E-state index in [-0.39, 0.29) is 72.6 Å². The van der Waals surface area contributed by atoms with E-state index in [1.54, 1.807) is 30.6 Å². The summed E-state index contributed by atoms with van der Waals surface area (Å²) >= 11 is 6.81. The van der Waals surface area contributed by atoms with Gasteiger partial charge in [-0.3, -0.25) is 8.98 Å². The maximum absolute atomic E-state index is 15.2. The number of halogens is 2. The van der Waals surface area contributed by atoms with E-state index in [0.29, 0.717) is 0 Å². The molecule has 1 aromatic heterocycles. The maximum Gasteiger partial charge on any atom is 0.410 e. The van der Waals surface area contributed by atoms with Crippen molar-refractivity contribution in [3.05, 3.63) is 34.6 Å². The van der Waals surface area contributed by atoms with Gasteiger partial charge < -0.3 is 29.3 Å². The minimum absolute atomic E-state index is 0.0101. The Labute approximate surface area is 260 Å². The van der Waals surface area contributed by atoms with Crippen LogP contribution in [0.5, 0.6) is 11.5 Å². The van der Waals surface area contributed by atoms with E-state index in [4.69, 9.17) is 25.3 Å². The van der Waals surface area contributed by atoms with E-state index >= 15 is 4.39 Å². The topological polar surface area (TPSA) is 139 Å². The first kappa shape index (κ1) is 32.0. The number of ether oxygens (including phenoxy) is 2.